The molecule has 0 bridgehead atoms. The van der Waals surface area contributed by atoms with Crippen LogP contribution in [0.15, 0.2) is 47.4 Å². The van der Waals surface area contributed by atoms with Crippen LogP contribution in [0.1, 0.15) is 11.1 Å². The van der Waals surface area contributed by atoms with Crippen molar-refractivity contribution in [2.75, 3.05) is 18.2 Å². The lowest BCUT2D eigenvalue weighted by atomic mass is 10.1. The predicted molar refractivity (Wildman–Crippen MR) is 94.3 cm³/mol. The van der Waals surface area contributed by atoms with Gasteiger partial charge in [-0.15, -0.1) is 11.8 Å². The van der Waals surface area contributed by atoms with Crippen LogP contribution in [-0.4, -0.2) is 24.7 Å². The van der Waals surface area contributed by atoms with Crippen LogP contribution in [0.5, 0.6) is 5.75 Å². The first-order valence-corrected chi connectivity index (χ1v) is 8.58. The summed E-state index contributed by atoms with van der Waals surface area (Å²) >= 11 is 1.53. The molecule has 2 aromatic rings. The highest BCUT2D eigenvalue weighted by Gasteiger charge is 2.15. The highest BCUT2D eigenvalue weighted by Crippen LogP contribution is 2.31. The molecule has 1 aliphatic rings. The van der Waals surface area contributed by atoms with Crippen molar-refractivity contribution < 1.29 is 14.3 Å². The van der Waals surface area contributed by atoms with E-state index in [0.717, 1.165) is 27.5 Å². The molecule has 0 aromatic heterocycles. The number of carbonyl (C=O) groups excluding carboxylic acids is 2. The third kappa shape index (κ3) is 4.08. The molecule has 0 atom stereocenters. The molecule has 5 nitrogen and oxygen atoms in total. The zero-order chi connectivity index (χ0) is 16.9. The SMILES string of the molecule is COc1ccc(CC(=O)NCc2ccc3c(c2)NC(=O)CS3)cc1. The minimum absolute atomic E-state index is 0.00758. The van der Waals surface area contributed by atoms with Gasteiger partial charge in [-0.05, 0) is 35.4 Å². The largest absolute Gasteiger partial charge is 0.497 e. The van der Waals surface area contributed by atoms with E-state index >= 15 is 0 Å². The zero-order valence-corrected chi connectivity index (χ0v) is 14.1. The molecule has 0 radical (unpaired) electrons. The molecule has 2 aromatic carbocycles. The van der Waals surface area contributed by atoms with Crippen molar-refractivity contribution >= 4 is 29.3 Å². The first kappa shape index (κ1) is 16.4. The number of methoxy groups -OCH3 is 1. The van der Waals surface area contributed by atoms with Crippen molar-refractivity contribution in [2.24, 2.45) is 0 Å². The first-order chi connectivity index (χ1) is 11.6. The Hall–Kier alpha value is -2.47. The molecule has 2 amide bonds. The van der Waals surface area contributed by atoms with E-state index in [9.17, 15) is 9.59 Å². The summed E-state index contributed by atoms with van der Waals surface area (Å²) in [7, 11) is 1.61. The number of anilines is 1. The number of amides is 2. The summed E-state index contributed by atoms with van der Waals surface area (Å²) in [4.78, 5) is 24.6. The molecule has 0 aliphatic carbocycles. The normalized spacial score (nSPS) is 13.0. The van der Waals surface area contributed by atoms with Gasteiger partial charge in [0, 0.05) is 11.4 Å². The van der Waals surface area contributed by atoms with E-state index in [-0.39, 0.29) is 11.8 Å². The van der Waals surface area contributed by atoms with E-state index in [0.29, 0.717) is 18.7 Å². The fourth-order valence-electron chi connectivity index (χ4n) is 2.43. The van der Waals surface area contributed by atoms with Crippen molar-refractivity contribution in [3.63, 3.8) is 0 Å². The number of carbonyl (C=O) groups is 2. The van der Waals surface area contributed by atoms with Gasteiger partial charge in [0.15, 0.2) is 0 Å². The highest BCUT2D eigenvalue weighted by molar-refractivity contribution is 8.00. The summed E-state index contributed by atoms with van der Waals surface area (Å²) < 4.78 is 5.10. The average Bonchev–Trinajstić information content (AvgIpc) is 2.60. The van der Waals surface area contributed by atoms with Gasteiger partial charge in [0.25, 0.3) is 0 Å². The lowest BCUT2D eigenvalue weighted by Crippen LogP contribution is -2.25. The fourth-order valence-corrected chi connectivity index (χ4v) is 3.22. The molecule has 6 heteroatoms. The lowest BCUT2D eigenvalue weighted by molar-refractivity contribution is -0.120. The minimum atomic E-state index is -0.0451. The average molecular weight is 342 g/mol. The molecule has 1 heterocycles. The molecule has 124 valence electrons. The Morgan fingerprint density at radius 3 is 2.71 bits per heavy atom. The molecule has 0 saturated carbocycles. The number of ether oxygens (including phenoxy) is 1. The first-order valence-electron chi connectivity index (χ1n) is 7.59. The Kier molecular flexibility index (Phi) is 5.05. The Morgan fingerprint density at radius 2 is 1.96 bits per heavy atom. The number of thioether (sulfide) groups is 1. The highest BCUT2D eigenvalue weighted by atomic mass is 32.2. The summed E-state index contributed by atoms with van der Waals surface area (Å²) in [6.07, 6.45) is 0.321. The van der Waals surface area contributed by atoms with Gasteiger partial charge in [0.05, 0.1) is 25.0 Å². The molecular formula is C18H18N2O3S. The van der Waals surface area contributed by atoms with Crippen LogP contribution in [0.2, 0.25) is 0 Å². The van der Waals surface area contributed by atoms with Gasteiger partial charge in [-0.3, -0.25) is 9.59 Å². The fraction of sp³-hybridized carbons (Fsp3) is 0.222. The summed E-state index contributed by atoms with van der Waals surface area (Å²) in [5.74, 6) is 1.18. The molecule has 0 spiro atoms. The third-order valence-corrected chi connectivity index (χ3v) is 4.76. The van der Waals surface area contributed by atoms with Crippen molar-refractivity contribution in [3.05, 3.63) is 53.6 Å². The molecule has 3 rings (SSSR count). The molecular weight excluding hydrogens is 324 g/mol. The zero-order valence-electron chi connectivity index (χ0n) is 13.3. The van der Waals surface area contributed by atoms with Crippen LogP contribution < -0.4 is 15.4 Å². The molecule has 0 saturated heterocycles. The van der Waals surface area contributed by atoms with Crippen molar-refractivity contribution in [2.45, 2.75) is 17.9 Å². The van der Waals surface area contributed by atoms with Crippen LogP contribution >= 0.6 is 11.8 Å². The summed E-state index contributed by atoms with van der Waals surface area (Å²) in [5.41, 5.74) is 2.71. The van der Waals surface area contributed by atoms with Crippen LogP contribution in [0.3, 0.4) is 0 Å². The Balaban J connectivity index is 1.56. The quantitative estimate of drug-likeness (QED) is 0.876. The van der Waals surface area contributed by atoms with E-state index in [2.05, 4.69) is 10.6 Å². The Morgan fingerprint density at radius 1 is 1.21 bits per heavy atom. The molecule has 0 unspecified atom stereocenters. The van der Waals surface area contributed by atoms with Gasteiger partial charge in [-0.2, -0.15) is 0 Å². The van der Waals surface area contributed by atoms with Gasteiger partial charge in [-0.25, -0.2) is 0 Å². The van der Waals surface area contributed by atoms with Crippen LogP contribution in [0.4, 0.5) is 5.69 Å². The summed E-state index contributed by atoms with van der Waals surface area (Å²) in [6, 6.07) is 13.3. The predicted octanol–water partition coefficient (Wildman–Crippen LogP) is 2.60. The van der Waals surface area contributed by atoms with Crippen LogP contribution in [0.25, 0.3) is 0 Å². The number of nitrogens with one attached hydrogen (secondary N) is 2. The second-order valence-corrected chi connectivity index (χ2v) is 6.49. The van der Waals surface area contributed by atoms with Gasteiger partial charge < -0.3 is 15.4 Å². The van der Waals surface area contributed by atoms with E-state index in [4.69, 9.17) is 4.74 Å². The summed E-state index contributed by atoms with van der Waals surface area (Å²) in [6.45, 7) is 0.433. The number of hydrogen-bond acceptors (Lipinski definition) is 4. The van der Waals surface area contributed by atoms with E-state index < -0.39 is 0 Å². The topological polar surface area (TPSA) is 67.4 Å². The molecule has 1 aliphatic heterocycles. The lowest BCUT2D eigenvalue weighted by Gasteiger charge is -2.17. The van der Waals surface area contributed by atoms with Crippen molar-refractivity contribution in [3.8, 4) is 5.75 Å². The van der Waals surface area contributed by atoms with E-state index in [1.54, 1.807) is 7.11 Å². The molecule has 24 heavy (non-hydrogen) atoms. The van der Waals surface area contributed by atoms with Gasteiger partial charge in [0.2, 0.25) is 11.8 Å². The standard InChI is InChI=1S/C18H18N2O3S/c1-23-14-5-2-12(3-6-14)9-17(21)19-10-13-4-7-16-15(8-13)20-18(22)11-24-16/h2-8H,9-11H2,1H3,(H,19,21)(H,20,22). The number of hydrogen-bond donors (Lipinski definition) is 2. The Bertz CT molecular complexity index is 759. The maximum Gasteiger partial charge on any atom is 0.234 e. The Labute approximate surface area is 144 Å². The van der Waals surface area contributed by atoms with Gasteiger partial charge >= 0.3 is 0 Å². The number of benzene rings is 2. The van der Waals surface area contributed by atoms with Gasteiger partial charge in [0.1, 0.15) is 5.75 Å². The van der Waals surface area contributed by atoms with Crippen molar-refractivity contribution in [1.29, 1.82) is 0 Å². The maximum atomic E-state index is 12.1. The van der Waals surface area contributed by atoms with Gasteiger partial charge in [-0.1, -0.05) is 18.2 Å². The maximum absolute atomic E-state index is 12.1. The number of rotatable bonds is 5. The van der Waals surface area contributed by atoms with Crippen molar-refractivity contribution in [1.82, 2.24) is 5.32 Å². The monoisotopic (exact) mass is 342 g/mol. The smallest absolute Gasteiger partial charge is 0.234 e. The molecule has 2 N–H and O–H groups in total. The molecule has 0 fully saturated rings. The van der Waals surface area contributed by atoms with E-state index in [1.807, 2.05) is 42.5 Å². The minimum Gasteiger partial charge on any atom is -0.497 e. The number of fused-ring (bicyclic) bond motifs is 1. The third-order valence-electron chi connectivity index (χ3n) is 3.69. The van der Waals surface area contributed by atoms with E-state index in [1.165, 1.54) is 11.8 Å². The second-order valence-electron chi connectivity index (χ2n) is 5.47. The second kappa shape index (κ2) is 7.40. The summed E-state index contributed by atoms with van der Waals surface area (Å²) in [5, 5.41) is 5.76. The van der Waals surface area contributed by atoms with Crippen LogP contribution in [-0.2, 0) is 22.6 Å². The van der Waals surface area contributed by atoms with Crippen LogP contribution in [0, 0.1) is 0 Å².